The Hall–Kier alpha value is -1.22. The van der Waals surface area contributed by atoms with Gasteiger partial charge in [0.05, 0.1) is 0 Å². The first kappa shape index (κ1) is 17.8. The van der Waals surface area contributed by atoms with Gasteiger partial charge in [0.1, 0.15) is 17.1 Å². The highest BCUT2D eigenvalue weighted by Crippen LogP contribution is 2.24. The highest BCUT2D eigenvalue weighted by atomic mass is 35.7. The SMILES string of the molecule is CCC(C)NC(=O)c1cc(S(=O)(=O)Cl)cn1CC(F)(F)F. The third kappa shape index (κ3) is 5.24. The predicted molar refractivity (Wildman–Crippen MR) is 70.7 cm³/mol. The molecule has 1 aromatic rings. The normalized spacial score (nSPS) is 14.0. The summed E-state index contributed by atoms with van der Waals surface area (Å²) in [6.07, 6.45) is -3.33. The highest BCUT2D eigenvalue weighted by Gasteiger charge is 2.31. The Morgan fingerprint density at radius 1 is 1.48 bits per heavy atom. The van der Waals surface area contributed by atoms with Crippen molar-refractivity contribution in [3.8, 4) is 0 Å². The van der Waals surface area contributed by atoms with Gasteiger partial charge < -0.3 is 9.88 Å². The Labute approximate surface area is 124 Å². The molecule has 1 rings (SSSR count). The molecule has 1 N–H and O–H groups in total. The van der Waals surface area contributed by atoms with Crippen LogP contribution in [0.2, 0.25) is 0 Å². The van der Waals surface area contributed by atoms with E-state index in [-0.39, 0.29) is 6.04 Å². The Balaban J connectivity index is 3.21. The molecule has 21 heavy (non-hydrogen) atoms. The molecular weight excluding hydrogens is 333 g/mol. The lowest BCUT2D eigenvalue weighted by Crippen LogP contribution is -2.34. The van der Waals surface area contributed by atoms with Crippen LogP contribution in [0.15, 0.2) is 17.2 Å². The minimum absolute atomic E-state index is 0.261. The number of aromatic nitrogens is 1. The van der Waals surface area contributed by atoms with Crippen molar-refractivity contribution in [1.82, 2.24) is 9.88 Å². The minimum atomic E-state index is -4.60. The number of carbonyl (C=O) groups excluding carboxylic acids is 1. The first-order chi connectivity index (χ1) is 9.44. The lowest BCUT2D eigenvalue weighted by molar-refractivity contribution is -0.140. The number of carbonyl (C=O) groups is 1. The number of hydrogen-bond donors (Lipinski definition) is 1. The quantitative estimate of drug-likeness (QED) is 0.833. The summed E-state index contributed by atoms with van der Waals surface area (Å²) < 4.78 is 60.4. The monoisotopic (exact) mass is 346 g/mol. The molecule has 1 aromatic heterocycles. The molecule has 0 radical (unpaired) electrons. The zero-order chi connectivity index (χ0) is 16.4. The van der Waals surface area contributed by atoms with Crippen LogP contribution in [-0.4, -0.2) is 31.1 Å². The van der Waals surface area contributed by atoms with E-state index < -0.39 is 38.3 Å². The first-order valence-corrected chi connectivity index (χ1v) is 8.27. The van der Waals surface area contributed by atoms with Crippen molar-refractivity contribution in [3.05, 3.63) is 18.0 Å². The van der Waals surface area contributed by atoms with E-state index in [4.69, 9.17) is 10.7 Å². The summed E-state index contributed by atoms with van der Waals surface area (Å²) >= 11 is 0. The molecule has 0 saturated carbocycles. The fraction of sp³-hybridized carbons (Fsp3) is 0.545. The van der Waals surface area contributed by atoms with Gasteiger partial charge in [-0.1, -0.05) is 6.92 Å². The maximum Gasteiger partial charge on any atom is 0.406 e. The number of alkyl halides is 3. The minimum Gasteiger partial charge on any atom is -0.348 e. The van der Waals surface area contributed by atoms with Crippen LogP contribution < -0.4 is 5.32 Å². The summed E-state index contributed by atoms with van der Waals surface area (Å²) in [6.45, 7) is 1.98. The van der Waals surface area contributed by atoms with Crippen molar-refractivity contribution < 1.29 is 26.4 Å². The third-order valence-electron chi connectivity index (χ3n) is 2.73. The molecule has 0 aliphatic rings. The van der Waals surface area contributed by atoms with Crippen molar-refractivity contribution in [2.75, 3.05) is 0 Å². The van der Waals surface area contributed by atoms with Crippen LogP contribution in [0.3, 0.4) is 0 Å². The summed E-state index contributed by atoms with van der Waals surface area (Å²) in [7, 11) is 0.875. The molecule has 1 atom stereocenters. The number of hydrogen-bond acceptors (Lipinski definition) is 3. The van der Waals surface area contributed by atoms with Crippen LogP contribution in [0.4, 0.5) is 13.2 Å². The van der Waals surface area contributed by atoms with E-state index in [9.17, 15) is 26.4 Å². The molecule has 1 heterocycles. The lowest BCUT2D eigenvalue weighted by atomic mass is 10.2. The van der Waals surface area contributed by atoms with Crippen LogP contribution in [0.1, 0.15) is 30.8 Å². The molecule has 0 bridgehead atoms. The van der Waals surface area contributed by atoms with Gasteiger partial charge in [0.25, 0.3) is 15.0 Å². The van der Waals surface area contributed by atoms with Gasteiger partial charge in [-0.25, -0.2) is 8.42 Å². The number of nitrogens with one attached hydrogen (secondary N) is 1. The van der Waals surface area contributed by atoms with E-state index >= 15 is 0 Å². The Morgan fingerprint density at radius 3 is 2.48 bits per heavy atom. The van der Waals surface area contributed by atoms with Gasteiger partial charge in [0, 0.05) is 22.9 Å². The first-order valence-electron chi connectivity index (χ1n) is 5.96. The Morgan fingerprint density at radius 2 is 2.05 bits per heavy atom. The van der Waals surface area contributed by atoms with Crippen molar-refractivity contribution in [1.29, 1.82) is 0 Å². The van der Waals surface area contributed by atoms with Gasteiger partial charge in [-0.3, -0.25) is 4.79 Å². The predicted octanol–water partition coefficient (Wildman–Crippen LogP) is 2.51. The molecule has 1 amide bonds. The lowest BCUT2D eigenvalue weighted by Gasteiger charge is -2.14. The van der Waals surface area contributed by atoms with Crippen molar-refractivity contribution in [2.45, 2.75) is 43.9 Å². The van der Waals surface area contributed by atoms with Crippen LogP contribution >= 0.6 is 10.7 Å². The smallest absolute Gasteiger partial charge is 0.348 e. The fourth-order valence-electron chi connectivity index (χ4n) is 1.53. The summed E-state index contributed by atoms with van der Waals surface area (Å²) in [4.78, 5) is 11.4. The van der Waals surface area contributed by atoms with E-state index in [1.54, 1.807) is 13.8 Å². The van der Waals surface area contributed by atoms with Gasteiger partial charge in [-0.05, 0) is 19.4 Å². The largest absolute Gasteiger partial charge is 0.406 e. The zero-order valence-corrected chi connectivity index (χ0v) is 12.8. The van der Waals surface area contributed by atoms with Crippen LogP contribution in [0.5, 0.6) is 0 Å². The maximum absolute atomic E-state index is 12.5. The van der Waals surface area contributed by atoms with Gasteiger partial charge in [0.15, 0.2) is 0 Å². The van der Waals surface area contributed by atoms with Crippen molar-refractivity contribution >= 4 is 25.6 Å². The number of halogens is 4. The van der Waals surface area contributed by atoms with E-state index in [1.165, 1.54) is 0 Å². The third-order valence-corrected chi connectivity index (χ3v) is 4.05. The molecule has 120 valence electrons. The molecule has 5 nitrogen and oxygen atoms in total. The van der Waals surface area contributed by atoms with E-state index in [2.05, 4.69) is 5.32 Å². The second-order valence-electron chi connectivity index (χ2n) is 4.52. The van der Waals surface area contributed by atoms with Crippen LogP contribution in [-0.2, 0) is 15.6 Å². The maximum atomic E-state index is 12.5. The van der Waals surface area contributed by atoms with Crippen molar-refractivity contribution in [3.63, 3.8) is 0 Å². The average Bonchev–Trinajstić information content (AvgIpc) is 2.69. The van der Waals surface area contributed by atoms with Gasteiger partial charge in [-0.2, -0.15) is 13.2 Å². The highest BCUT2D eigenvalue weighted by molar-refractivity contribution is 8.13. The molecular formula is C11H14ClF3N2O3S. The Bertz CT molecular complexity index is 625. The van der Waals surface area contributed by atoms with Crippen LogP contribution in [0.25, 0.3) is 0 Å². The number of rotatable bonds is 5. The second-order valence-corrected chi connectivity index (χ2v) is 7.09. The van der Waals surface area contributed by atoms with E-state index in [0.717, 1.165) is 6.07 Å². The second kappa shape index (κ2) is 6.27. The van der Waals surface area contributed by atoms with Crippen molar-refractivity contribution in [2.24, 2.45) is 0 Å². The Kier molecular flexibility index (Phi) is 5.32. The van der Waals surface area contributed by atoms with E-state index in [1.807, 2.05) is 0 Å². The number of nitrogens with zero attached hydrogens (tertiary/aromatic N) is 1. The molecule has 0 aromatic carbocycles. The fourth-order valence-corrected chi connectivity index (χ4v) is 2.29. The van der Waals surface area contributed by atoms with Gasteiger partial charge in [-0.15, -0.1) is 0 Å². The van der Waals surface area contributed by atoms with E-state index in [0.29, 0.717) is 17.2 Å². The molecule has 0 fully saturated rings. The molecule has 0 saturated heterocycles. The summed E-state index contributed by atoms with van der Waals surface area (Å²) in [5, 5.41) is 2.47. The standard InChI is InChI=1S/C11H14ClF3N2O3S/c1-3-7(2)16-10(18)9-4-8(21(12,19)20)5-17(9)6-11(13,14)15/h4-5,7H,3,6H2,1-2H3,(H,16,18). The number of amides is 1. The summed E-state index contributed by atoms with van der Waals surface area (Å²) in [5.74, 6) is -0.792. The molecule has 1 unspecified atom stereocenters. The van der Waals surface area contributed by atoms with Crippen LogP contribution in [0, 0.1) is 0 Å². The van der Waals surface area contributed by atoms with Gasteiger partial charge in [0.2, 0.25) is 0 Å². The average molecular weight is 347 g/mol. The molecule has 0 spiro atoms. The zero-order valence-electron chi connectivity index (χ0n) is 11.2. The summed E-state index contributed by atoms with van der Waals surface area (Å²) in [5.41, 5.74) is -0.410. The molecule has 0 aliphatic carbocycles. The van der Waals surface area contributed by atoms with Gasteiger partial charge >= 0.3 is 6.18 Å². The molecule has 10 heteroatoms. The summed E-state index contributed by atoms with van der Waals surface area (Å²) in [6, 6.07) is 0.564. The molecule has 0 aliphatic heterocycles. The topological polar surface area (TPSA) is 68.2 Å².